The molecule has 1 aromatic heterocycles. The summed E-state index contributed by atoms with van der Waals surface area (Å²) in [4.78, 5) is 12.1. The molecule has 0 aliphatic rings. The summed E-state index contributed by atoms with van der Waals surface area (Å²) in [6, 6.07) is 14.9. The van der Waals surface area contributed by atoms with Gasteiger partial charge in [0.15, 0.2) is 0 Å². The molecule has 0 aliphatic carbocycles. The normalized spacial score (nSPS) is 11.5. The van der Waals surface area contributed by atoms with Crippen molar-refractivity contribution in [2.45, 2.75) is 26.7 Å². The van der Waals surface area contributed by atoms with Crippen molar-refractivity contribution in [3.8, 4) is 0 Å². The predicted octanol–water partition coefficient (Wildman–Crippen LogP) is 3.16. The summed E-state index contributed by atoms with van der Waals surface area (Å²) in [7, 11) is -1.71. The number of nitrogens with one attached hydrogen (secondary N) is 1. The fourth-order valence-electron chi connectivity index (χ4n) is 3.77. The second-order valence-corrected chi connectivity index (χ2v) is 9.87. The van der Waals surface area contributed by atoms with Gasteiger partial charge in [-0.25, -0.2) is 8.42 Å². The molecule has 1 heterocycles. The van der Waals surface area contributed by atoms with E-state index in [4.69, 9.17) is 15.9 Å². The van der Waals surface area contributed by atoms with Gasteiger partial charge in [0, 0.05) is 35.6 Å². The molecule has 8 nitrogen and oxygen atoms in total. The third-order valence-corrected chi connectivity index (χ3v) is 7.38. The number of nitrogens with zero attached hydrogens (tertiary/aromatic N) is 2. The lowest BCUT2D eigenvalue weighted by Crippen LogP contribution is -2.38. The number of hydrogen-bond acceptors (Lipinski definition) is 5. The minimum absolute atomic E-state index is 0.0316. The minimum atomic E-state index is -3.67. The molecule has 3 rings (SSSR count). The van der Waals surface area contributed by atoms with Crippen LogP contribution in [0.25, 0.3) is 10.9 Å². The summed E-state index contributed by atoms with van der Waals surface area (Å²) >= 11 is 0. The Morgan fingerprint density at radius 3 is 2.42 bits per heavy atom. The second kappa shape index (κ2) is 10.1. The fraction of sp³-hybridized carbons (Fsp3) is 0.333. The smallest absolute Gasteiger partial charge is 0.326 e. The summed E-state index contributed by atoms with van der Waals surface area (Å²) in [6.07, 6.45) is 1.11. The summed E-state index contributed by atoms with van der Waals surface area (Å²) in [5, 5.41) is 8.40. The van der Waals surface area contributed by atoms with E-state index in [2.05, 4.69) is 4.57 Å². The fourth-order valence-corrected chi connectivity index (χ4v) is 5.25. The molecule has 0 aliphatic heterocycles. The number of hydrogen-bond donors (Lipinski definition) is 2. The van der Waals surface area contributed by atoms with Crippen molar-refractivity contribution in [1.82, 2.24) is 4.57 Å². The van der Waals surface area contributed by atoms with Crippen LogP contribution in [0, 0.1) is 5.41 Å². The van der Waals surface area contributed by atoms with E-state index in [0.29, 0.717) is 24.1 Å². The van der Waals surface area contributed by atoms with E-state index < -0.39 is 16.0 Å². The SMILES string of the molecule is CCCS(=O)(=O)N(CC(=O)OCC)c1ccc2c(c1)cc(Cc1ccc(C(=N)N)cc1)n2C. The second-order valence-electron chi connectivity index (χ2n) is 7.85. The summed E-state index contributed by atoms with van der Waals surface area (Å²) in [5.41, 5.74) is 9.72. The average molecular weight is 471 g/mol. The maximum atomic E-state index is 12.9. The molecule has 2 aromatic carbocycles. The number of benzene rings is 2. The quantitative estimate of drug-likeness (QED) is 0.268. The predicted molar refractivity (Wildman–Crippen MR) is 131 cm³/mol. The Hall–Kier alpha value is -3.33. The van der Waals surface area contributed by atoms with Crippen LogP contribution >= 0.6 is 0 Å². The lowest BCUT2D eigenvalue weighted by atomic mass is 10.1. The molecule has 0 atom stereocenters. The molecule has 0 radical (unpaired) electrons. The number of nitrogens with two attached hydrogens (primary N) is 1. The average Bonchev–Trinajstić information content (AvgIpc) is 3.07. The Morgan fingerprint density at radius 2 is 1.82 bits per heavy atom. The lowest BCUT2D eigenvalue weighted by molar-refractivity contribution is -0.141. The molecular formula is C24H30N4O4S. The van der Waals surface area contributed by atoms with Gasteiger partial charge in [-0.05, 0) is 43.2 Å². The third kappa shape index (κ3) is 5.54. The molecule has 0 spiro atoms. The van der Waals surface area contributed by atoms with E-state index in [-0.39, 0.29) is 24.7 Å². The highest BCUT2D eigenvalue weighted by atomic mass is 32.2. The van der Waals surface area contributed by atoms with Crippen LogP contribution in [-0.2, 0) is 33.0 Å². The Kier molecular flexibility index (Phi) is 7.43. The van der Waals surface area contributed by atoms with Gasteiger partial charge in [-0.3, -0.25) is 14.5 Å². The first-order valence-corrected chi connectivity index (χ1v) is 12.4. The number of amidine groups is 1. The highest BCUT2D eigenvalue weighted by Gasteiger charge is 2.25. The maximum absolute atomic E-state index is 12.9. The molecule has 0 fully saturated rings. The highest BCUT2D eigenvalue weighted by molar-refractivity contribution is 7.92. The van der Waals surface area contributed by atoms with Crippen LogP contribution in [0.3, 0.4) is 0 Å². The first-order chi connectivity index (χ1) is 15.7. The van der Waals surface area contributed by atoms with Crippen LogP contribution in [-0.4, -0.2) is 43.7 Å². The van der Waals surface area contributed by atoms with Crippen molar-refractivity contribution in [3.63, 3.8) is 0 Å². The largest absolute Gasteiger partial charge is 0.465 e. The van der Waals surface area contributed by atoms with Gasteiger partial charge in [-0.15, -0.1) is 0 Å². The van der Waals surface area contributed by atoms with Gasteiger partial charge < -0.3 is 15.0 Å². The highest BCUT2D eigenvalue weighted by Crippen LogP contribution is 2.28. The molecular weight excluding hydrogens is 440 g/mol. The topological polar surface area (TPSA) is 118 Å². The van der Waals surface area contributed by atoms with Crippen molar-refractivity contribution < 1.29 is 17.9 Å². The first-order valence-electron chi connectivity index (χ1n) is 10.8. The lowest BCUT2D eigenvalue weighted by Gasteiger charge is -2.23. The van der Waals surface area contributed by atoms with E-state index in [1.54, 1.807) is 26.0 Å². The van der Waals surface area contributed by atoms with Gasteiger partial charge in [0.1, 0.15) is 12.4 Å². The monoisotopic (exact) mass is 470 g/mol. The number of rotatable bonds is 10. The number of ether oxygens (including phenoxy) is 1. The standard InChI is InChI=1S/C24H30N4O4S/c1-4-12-33(30,31)28(16-23(29)32-5-2)20-10-11-22-19(14-20)15-21(27(22)3)13-17-6-8-18(9-7-17)24(25)26/h6-11,14-15H,4-5,12-13,16H2,1-3H3,(H3,25,26). The summed E-state index contributed by atoms with van der Waals surface area (Å²) < 4.78 is 34.0. The molecule has 176 valence electrons. The van der Waals surface area contributed by atoms with E-state index in [9.17, 15) is 13.2 Å². The number of fused-ring (bicyclic) bond motifs is 1. The maximum Gasteiger partial charge on any atom is 0.326 e. The van der Waals surface area contributed by atoms with Crippen LogP contribution in [0.4, 0.5) is 5.69 Å². The zero-order valence-electron chi connectivity index (χ0n) is 19.2. The number of aryl methyl sites for hydroxylation is 1. The van der Waals surface area contributed by atoms with Crippen molar-refractivity contribution in [2.24, 2.45) is 12.8 Å². The van der Waals surface area contributed by atoms with Gasteiger partial charge in [0.2, 0.25) is 10.0 Å². The van der Waals surface area contributed by atoms with E-state index in [1.807, 2.05) is 43.4 Å². The molecule has 0 saturated heterocycles. The Morgan fingerprint density at radius 1 is 1.12 bits per heavy atom. The molecule has 0 bridgehead atoms. The minimum Gasteiger partial charge on any atom is -0.465 e. The van der Waals surface area contributed by atoms with Crippen LogP contribution in [0.5, 0.6) is 0 Å². The van der Waals surface area contributed by atoms with Gasteiger partial charge in [0.25, 0.3) is 0 Å². The van der Waals surface area contributed by atoms with E-state index >= 15 is 0 Å². The number of esters is 1. The van der Waals surface area contributed by atoms with Gasteiger partial charge >= 0.3 is 5.97 Å². The Labute approximate surface area is 194 Å². The number of nitrogen functional groups attached to an aromatic ring is 1. The van der Waals surface area contributed by atoms with Crippen molar-refractivity contribution in [3.05, 3.63) is 65.4 Å². The van der Waals surface area contributed by atoms with Crippen LogP contribution in [0.15, 0.2) is 48.5 Å². The number of aromatic nitrogens is 1. The van der Waals surface area contributed by atoms with E-state index in [1.165, 1.54) is 0 Å². The number of anilines is 1. The van der Waals surface area contributed by atoms with Crippen molar-refractivity contribution >= 4 is 38.4 Å². The molecule has 33 heavy (non-hydrogen) atoms. The number of carbonyl (C=O) groups is 1. The van der Waals surface area contributed by atoms with Crippen LogP contribution in [0.2, 0.25) is 0 Å². The van der Waals surface area contributed by atoms with Crippen molar-refractivity contribution in [1.29, 1.82) is 5.41 Å². The molecule has 3 aromatic rings. The van der Waals surface area contributed by atoms with Gasteiger partial charge in [-0.1, -0.05) is 31.2 Å². The molecule has 3 N–H and O–H groups in total. The molecule has 0 saturated carbocycles. The van der Waals surface area contributed by atoms with E-state index in [0.717, 1.165) is 26.5 Å². The number of carbonyl (C=O) groups excluding carboxylic acids is 1. The van der Waals surface area contributed by atoms with Crippen LogP contribution in [0.1, 0.15) is 37.1 Å². The van der Waals surface area contributed by atoms with Gasteiger partial charge in [-0.2, -0.15) is 0 Å². The van der Waals surface area contributed by atoms with Gasteiger partial charge in [0.05, 0.1) is 18.0 Å². The zero-order chi connectivity index (χ0) is 24.2. The molecule has 9 heteroatoms. The first kappa shape index (κ1) is 24.3. The molecule has 0 unspecified atom stereocenters. The van der Waals surface area contributed by atoms with Crippen molar-refractivity contribution in [2.75, 3.05) is 23.2 Å². The summed E-state index contributed by atoms with van der Waals surface area (Å²) in [6.45, 7) is 3.31. The Bertz CT molecular complexity index is 1260. The Balaban J connectivity index is 1.95. The van der Waals surface area contributed by atoms with Crippen LogP contribution < -0.4 is 10.0 Å². The zero-order valence-corrected chi connectivity index (χ0v) is 20.0. The third-order valence-electron chi connectivity index (χ3n) is 5.44. The summed E-state index contributed by atoms with van der Waals surface area (Å²) in [5.74, 6) is -0.607. The number of sulfonamides is 1. The molecule has 0 amide bonds.